The minimum absolute atomic E-state index is 0.0669. The summed E-state index contributed by atoms with van der Waals surface area (Å²) in [5.41, 5.74) is 7.73. The number of rotatable bonds is 6. The zero-order valence-electron chi connectivity index (χ0n) is 15.7. The van der Waals surface area contributed by atoms with Gasteiger partial charge in [-0.15, -0.1) is 0 Å². The van der Waals surface area contributed by atoms with E-state index < -0.39 is 0 Å². The molecule has 1 aliphatic rings. The van der Waals surface area contributed by atoms with E-state index in [9.17, 15) is 9.59 Å². The molecule has 1 fully saturated rings. The number of primary amides is 1. The number of nitrogens with two attached hydrogens (primary N) is 1. The van der Waals surface area contributed by atoms with Crippen molar-refractivity contribution >= 4 is 17.5 Å². The van der Waals surface area contributed by atoms with E-state index in [0.717, 1.165) is 18.5 Å². The van der Waals surface area contributed by atoms with E-state index in [0.29, 0.717) is 19.6 Å². The van der Waals surface area contributed by atoms with Crippen LogP contribution in [0.25, 0.3) is 0 Å². The van der Waals surface area contributed by atoms with Crippen molar-refractivity contribution < 1.29 is 9.59 Å². The molecule has 0 aliphatic carbocycles. The molecule has 0 aromatic heterocycles. The third kappa shape index (κ3) is 4.95. The fraction of sp³-hybridized carbons (Fsp3) is 0.579. The fourth-order valence-corrected chi connectivity index (χ4v) is 3.22. The van der Waals surface area contributed by atoms with Crippen molar-refractivity contribution in [2.75, 3.05) is 39.1 Å². The topological polar surface area (TPSA) is 69.9 Å². The third-order valence-corrected chi connectivity index (χ3v) is 5.01. The summed E-state index contributed by atoms with van der Waals surface area (Å²) in [6.07, 6.45) is 1.61. The number of piperidine rings is 1. The number of carbonyl (C=O) groups is 2. The average Bonchev–Trinajstić information content (AvgIpc) is 2.60. The summed E-state index contributed by atoms with van der Waals surface area (Å²) in [4.78, 5) is 30.1. The molecule has 0 radical (unpaired) electrons. The van der Waals surface area contributed by atoms with Crippen molar-refractivity contribution in [1.82, 2.24) is 9.80 Å². The first-order chi connectivity index (χ1) is 11.8. The quantitative estimate of drug-likeness (QED) is 0.843. The zero-order valence-corrected chi connectivity index (χ0v) is 15.7. The number of likely N-dealkylation sites (N-methyl/N-ethyl adjacent to an activating group) is 1. The van der Waals surface area contributed by atoms with Gasteiger partial charge in [0.25, 0.3) is 0 Å². The molecule has 2 N–H and O–H groups in total. The van der Waals surface area contributed by atoms with Crippen LogP contribution in [0.5, 0.6) is 0 Å². The van der Waals surface area contributed by atoms with Crippen LogP contribution < -0.4 is 10.6 Å². The molecule has 6 nitrogen and oxygen atoms in total. The van der Waals surface area contributed by atoms with Crippen molar-refractivity contribution in [2.45, 2.75) is 32.4 Å². The number of nitrogens with zero attached hydrogens (tertiary/aromatic N) is 3. The summed E-state index contributed by atoms with van der Waals surface area (Å²) in [6, 6.07) is 8.07. The highest BCUT2D eigenvalue weighted by Crippen LogP contribution is 2.19. The van der Waals surface area contributed by atoms with Crippen LogP contribution in [-0.4, -0.2) is 61.9 Å². The molecule has 6 heteroatoms. The van der Waals surface area contributed by atoms with E-state index in [1.165, 1.54) is 5.56 Å². The molecule has 2 amide bonds. The number of hydrogen-bond donors (Lipinski definition) is 1. The summed E-state index contributed by atoms with van der Waals surface area (Å²) in [7, 11) is 5.99. The van der Waals surface area contributed by atoms with Crippen LogP contribution in [0.2, 0.25) is 0 Å². The molecule has 0 unspecified atom stereocenters. The Morgan fingerprint density at radius 3 is 2.68 bits per heavy atom. The Morgan fingerprint density at radius 1 is 1.32 bits per heavy atom. The first kappa shape index (κ1) is 19.2. The zero-order chi connectivity index (χ0) is 18.6. The lowest BCUT2D eigenvalue weighted by molar-refractivity contribution is -0.139. The van der Waals surface area contributed by atoms with E-state index in [1.807, 2.05) is 39.0 Å². The van der Waals surface area contributed by atoms with Gasteiger partial charge in [-0.1, -0.05) is 12.1 Å². The summed E-state index contributed by atoms with van der Waals surface area (Å²) in [5.74, 6) is -0.455. The smallest absolute Gasteiger partial charge is 0.239 e. The molecule has 0 spiro atoms. The lowest BCUT2D eigenvalue weighted by Crippen LogP contribution is -2.50. The Bertz CT molecular complexity index is 617. The monoisotopic (exact) mass is 346 g/mol. The molecule has 25 heavy (non-hydrogen) atoms. The van der Waals surface area contributed by atoms with Crippen LogP contribution in [0.15, 0.2) is 24.3 Å². The van der Waals surface area contributed by atoms with Crippen molar-refractivity contribution in [2.24, 2.45) is 11.7 Å². The number of amides is 2. The standard InChI is InChI=1S/C19H30N4O2/c1-14(19(25)23-10-6-8-16(13-23)18(20)24)22(4)12-15-7-5-9-17(11-15)21(2)3/h5,7,9,11,14,16H,6,8,10,12-13H2,1-4H3,(H2,20,24)/t14-,16-/m1/s1. The number of likely N-dealkylation sites (tertiary alicyclic amines) is 1. The lowest BCUT2D eigenvalue weighted by atomic mass is 9.97. The minimum atomic E-state index is -0.306. The van der Waals surface area contributed by atoms with Gasteiger partial charge in [0.15, 0.2) is 0 Å². The molecule has 1 heterocycles. The summed E-state index contributed by atoms with van der Waals surface area (Å²) >= 11 is 0. The molecule has 138 valence electrons. The first-order valence-corrected chi connectivity index (χ1v) is 8.84. The molecule has 1 aromatic carbocycles. The molecular formula is C19H30N4O2. The second kappa shape index (κ2) is 8.34. The van der Waals surface area contributed by atoms with Gasteiger partial charge in [-0.2, -0.15) is 0 Å². The van der Waals surface area contributed by atoms with E-state index in [2.05, 4.69) is 23.1 Å². The van der Waals surface area contributed by atoms with Gasteiger partial charge < -0.3 is 15.5 Å². The second-order valence-corrected chi connectivity index (χ2v) is 7.18. The molecule has 0 bridgehead atoms. The van der Waals surface area contributed by atoms with Crippen LogP contribution in [-0.2, 0) is 16.1 Å². The van der Waals surface area contributed by atoms with E-state index in [4.69, 9.17) is 5.73 Å². The highest BCUT2D eigenvalue weighted by atomic mass is 16.2. The molecule has 2 atom stereocenters. The van der Waals surface area contributed by atoms with Gasteiger partial charge in [-0.25, -0.2) is 0 Å². The van der Waals surface area contributed by atoms with E-state index >= 15 is 0 Å². The summed E-state index contributed by atoms with van der Waals surface area (Å²) in [6.45, 7) is 3.77. The Labute approximate surface area is 150 Å². The molecule has 1 saturated heterocycles. The van der Waals surface area contributed by atoms with Gasteiger partial charge in [0.2, 0.25) is 11.8 Å². The van der Waals surface area contributed by atoms with Crippen LogP contribution in [0.4, 0.5) is 5.69 Å². The minimum Gasteiger partial charge on any atom is -0.378 e. The van der Waals surface area contributed by atoms with E-state index in [1.54, 1.807) is 4.90 Å². The van der Waals surface area contributed by atoms with Crippen LogP contribution in [0, 0.1) is 5.92 Å². The fourth-order valence-electron chi connectivity index (χ4n) is 3.22. The van der Waals surface area contributed by atoms with Gasteiger partial charge in [-0.05, 0) is 44.5 Å². The molecule has 1 aliphatic heterocycles. The molecule has 0 saturated carbocycles. The van der Waals surface area contributed by atoms with Gasteiger partial charge >= 0.3 is 0 Å². The first-order valence-electron chi connectivity index (χ1n) is 8.84. The van der Waals surface area contributed by atoms with Crippen LogP contribution >= 0.6 is 0 Å². The Kier molecular flexibility index (Phi) is 6.42. The van der Waals surface area contributed by atoms with E-state index in [-0.39, 0.29) is 23.8 Å². The number of hydrogen-bond acceptors (Lipinski definition) is 4. The normalized spacial score (nSPS) is 18.9. The molecule has 1 aromatic rings. The second-order valence-electron chi connectivity index (χ2n) is 7.18. The summed E-state index contributed by atoms with van der Waals surface area (Å²) in [5, 5.41) is 0. The molecule has 2 rings (SSSR count). The number of carbonyl (C=O) groups excluding carboxylic acids is 2. The predicted molar refractivity (Wildman–Crippen MR) is 100 cm³/mol. The Balaban J connectivity index is 1.99. The van der Waals surface area contributed by atoms with Crippen LogP contribution in [0.3, 0.4) is 0 Å². The van der Waals surface area contributed by atoms with Crippen molar-refractivity contribution in [3.63, 3.8) is 0 Å². The maximum absolute atomic E-state index is 12.8. The van der Waals surface area contributed by atoms with Gasteiger partial charge in [0.1, 0.15) is 0 Å². The third-order valence-electron chi connectivity index (χ3n) is 5.01. The maximum atomic E-state index is 12.8. The van der Waals surface area contributed by atoms with Gasteiger partial charge in [-0.3, -0.25) is 14.5 Å². The highest BCUT2D eigenvalue weighted by molar-refractivity contribution is 5.83. The number of anilines is 1. The van der Waals surface area contributed by atoms with Crippen molar-refractivity contribution in [3.05, 3.63) is 29.8 Å². The average molecular weight is 346 g/mol. The van der Waals surface area contributed by atoms with Crippen molar-refractivity contribution in [1.29, 1.82) is 0 Å². The lowest BCUT2D eigenvalue weighted by Gasteiger charge is -2.35. The maximum Gasteiger partial charge on any atom is 0.239 e. The summed E-state index contributed by atoms with van der Waals surface area (Å²) < 4.78 is 0. The van der Waals surface area contributed by atoms with Crippen LogP contribution in [0.1, 0.15) is 25.3 Å². The highest BCUT2D eigenvalue weighted by Gasteiger charge is 2.30. The van der Waals surface area contributed by atoms with Gasteiger partial charge in [0.05, 0.1) is 12.0 Å². The largest absolute Gasteiger partial charge is 0.378 e. The Morgan fingerprint density at radius 2 is 2.04 bits per heavy atom. The van der Waals surface area contributed by atoms with Gasteiger partial charge in [0, 0.05) is 39.4 Å². The number of benzene rings is 1. The van der Waals surface area contributed by atoms with Crippen molar-refractivity contribution in [3.8, 4) is 0 Å². The molecular weight excluding hydrogens is 316 g/mol. The Hall–Kier alpha value is -2.08. The predicted octanol–water partition coefficient (Wildman–Crippen LogP) is 1.30. The SMILES string of the molecule is C[C@H](C(=O)N1CCC[C@@H](C(N)=O)C1)N(C)Cc1cccc(N(C)C)c1.